The second-order valence-corrected chi connectivity index (χ2v) is 8.82. The van der Waals surface area contributed by atoms with Crippen LogP contribution >= 0.6 is 39.9 Å². The third-order valence-corrected chi connectivity index (χ3v) is 6.05. The minimum absolute atomic E-state index is 0.270. The van der Waals surface area contributed by atoms with Crippen molar-refractivity contribution in [1.29, 1.82) is 0 Å². The van der Waals surface area contributed by atoms with Crippen molar-refractivity contribution >= 4 is 67.8 Å². The molecule has 0 unspecified atom stereocenters. The van der Waals surface area contributed by atoms with Crippen molar-refractivity contribution in [3.05, 3.63) is 63.0 Å². The van der Waals surface area contributed by atoms with E-state index in [1.54, 1.807) is 37.5 Å². The zero-order chi connectivity index (χ0) is 21.1. The number of carbonyl (C=O) groups is 2. The summed E-state index contributed by atoms with van der Waals surface area (Å²) in [7, 11) is 5.46. The Balaban J connectivity index is 1.76. The first-order chi connectivity index (χ1) is 13.8. The van der Waals surface area contributed by atoms with Crippen LogP contribution in [0.2, 0.25) is 0 Å². The Bertz CT molecular complexity index is 1010. The lowest BCUT2D eigenvalue weighted by atomic mass is 10.2. The van der Waals surface area contributed by atoms with Gasteiger partial charge >= 0.3 is 0 Å². The van der Waals surface area contributed by atoms with Crippen molar-refractivity contribution in [2.45, 2.75) is 0 Å². The van der Waals surface area contributed by atoms with Crippen LogP contribution in [0.25, 0.3) is 6.08 Å². The SMILES string of the molecule is COc1ccc(C(=O)NN2C(=O)/C(=C/c3ccc(N(C)C)c(Br)c3)SC2=S)cc1. The molecule has 0 bridgehead atoms. The number of hydrogen-bond acceptors (Lipinski definition) is 6. The lowest BCUT2D eigenvalue weighted by Crippen LogP contribution is -2.44. The zero-order valence-electron chi connectivity index (χ0n) is 15.9. The van der Waals surface area contributed by atoms with Gasteiger partial charge in [0.1, 0.15) is 5.75 Å². The maximum Gasteiger partial charge on any atom is 0.285 e. The molecule has 9 heteroatoms. The maximum absolute atomic E-state index is 12.7. The molecule has 3 rings (SSSR count). The summed E-state index contributed by atoms with van der Waals surface area (Å²) in [4.78, 5) is 27.6. The van der Waals surface area contributed by atoms with Crippen molar-refractivity contribution in [2.24, 2.45) is 0 Å². The number of halogens is 1. The summed E-state index contributed by atoms with van der Waals surface area (Å²) in [6.07, 6.45) is 1.75. The molecule has 2 amide bonds. The molecular weight excluding hydrogens is 474 g/mol. The minimum atomic E-state index is -0.428. The zero-order valence-corrected chi connectivity index (χ0v) is 19.2. The highest BCUT2D eigenvalue weighted by Crippen LogP contribution is 2.33. The molecule has 1 N–H and O–H groups in total. The molecule has 6 nitrogen and oxygen atoms in total. The Morgan fingerprint density at radius 3 is 2.52 bits per heavy atom. The first-order valence-corrected chi connectivity index (χ1v) is 10.5. The summed E-state index contributed by atoms with van der Waals surface area (Å²) >= 11 is 9.96. The smallest absolute Gasteiger partial charge is 0.285 e. The number of thiocarbonyl (C=S) groups is 1. The molecule has 0 spiro atoms. The molecule has 0 radical (unpaired) electrons. The summed E-state index contributed by atoms with van der Waals surface area (Å²) in [6, 6.07) is 12.4. The fraction of sp³-hybridized carbons (Fsp3) is 0.150. The lowest BCUT2D eigenvalue weighted by molar-refractivity contribution is -0.123. The van der Waals surface area contributed by atoms with Crippen LogP contribution in [0.15, 0.2) is 51.8 Å². The quantitative estimate of drug-likeness (QED) is 0.502. The van der Waals surface area contributed by atoms with E-state index in [0.29, 0.717) is 16.2 Å². The van der Waals surface area contributed by atoms with E-state index in [2.05, 4.69) is 21.4 Å². The van der Waals surface area contributed by atoms with Gasteiger partial charge in [0.05, 0.1) is 17.7 Å². The molecule has 2 aromatic rings. The van der Waals surface area contributed by atoms with E-state index in [0.717, 1.165) is 32.5 Å². The molecule has 1 fully saturated rings. The van der Waals surface area contributed by atoms with Crippen LogP contribution in [0.3, 0.4) is 0 Å². The average Bonchev–Trinajstić information content (AvgIpc) is 2.95. The highest BCUT2D eigenvalue weighted by molar-refractivity contribution is 9.10. The van der Waals surface area contributed by atoms with E-state index in [1.807, 2.05) is 37.2 Å². The van der Waals surface area contributed by atoms with Crippen molar-refractivity contribution in [3.63, 3.8) is 0 Å². The second-order valence-electron chi connectivity index (χ2n) is 6.29. The normalized spacial score (nSPS) is 15.0. The Labute approximate surface area is 187 Å². The summed E-state index contributed by atoms with van der Waals surface area (Å²) < 4.78 is 6.27. The number of ether oxygens (including phenoxy) is 1. The fourth-order valence-electron chi connectivity index (χ4n) is 2.60. The van der Waals surface area contributed by atoms with Crippen LogP contribution < -0.4 is 15.1 Å². The number of methoxy groups -OCH3 is 1. The number of thioether (sulfide) groups is 1. The number of rotatable bonds is 5. The van der Waals surface area contributed by atoms with E-state index in [4.69, 9.17) is 17.0 Å². The van der Waals surface area contributed by atoms with Gasteiger partial charge in [0.15, 0.2) is 4.32 Å². The Morgan fingerprint density at radius 1 is 1.24 bits per heavy atom. The van der Waals surface area contributed by atoms with Gasteiger partial charge in [-0.2, -0.15) is 5.01 Å². The van der Waals surface area contributed by atoms with Gasteiger partial charge in [0, 0.05) is 24.1 Å². The van der Waals surface area contributed by atoms with Crippen LogP contribution in [-0.4, -0.2) is 42.3 Å². The van der Waals surface area contributed by atoms with E-state index in [-0.39, 0.29) is 10.2 Å². The highest BCUT2D eigenvalue weighted by Gasteiger charge is 2.33. The molecule has 1 heterocycles. The maximum atomic E-state index is 12.7. The molecule has 2 aromatic carbocycles. The molecule has 0 atom stereocenters. The number of nitrogens with zero attached hydrogens (tertiary/aromatic N) is 2. The second kappa shape index (κ2) is 8.98. The van der Waals surface area contributed by atoms with Crippen molar-refractivity contribution in [1.82, 2.24) is 10.4 Å². The Kier molecular flexibility index (Phi) is 6.61. The van der Waals surface area contributed by atoms with Crippen molar-refractivity contribution in [2.75, 3.05) is 26.1 Å². The van der Waals surface area contributed by atoms with Gasteiger partial charge in [-0.15, -0.1) is 0 Å². The van der Waals surface area contributed by atoms with Crippen molar-refractivity contribution in [3.8, 4) is 5.75 Å². The van der Waals surface area contributed by atoms with Crippen LogP contribution in [0.1, 0.15) is 15.9 Å². The number of hydrazine groups is 1. The van der Waals surface area contributed by atoms with Gasteiger partial charge < -0.3 is 9.64 Å². The standard InChI is InChI=1S/C20H18BrN3O3S2/c1-23(2)16-9-4-12(10-15(16)21)11-17-19(26)24(20(28)29-17)22-18(25)13-5-7-14(27-3)8-6-13/h4-11H,1-3H3,(H,22,25)/b17-11-. The van der Waals surface area contributed by atoms with Gasteiger partial charge in [0.2, 0.25) is 0 Å². The first-order valence-electron chi connectivity index (χ1n) is 8.50. The predicted octanol–water partition coefficient (Wildman–Crippen LogP) is 4.07. The summed E-state index contributed by atoms with van der Waals surface area (Å²) in [5.41, 5.74) is 4.84. The molecule has 0 aliphatic carbocycles. The van der Waals surface area contributed by atoms with Gasteiger partial charge in [-0.1, -0.05) is 17.8 Å². The third-order valence-electron chi connectivity index (χ3n) is 4.11. The van der Waals surface area contributed by atoms with Crippen LogP contribution in [-0.2, 0) is 4.79 Å². The molecule has 1 aliphatic rings. The molecule has 150 valence electrons. The van der Waals surface area contributed by atoms with Crippen LogP contribution in [0.5, 0.6) is 5.75 Å². The van der Waals surface area contributed by atoms with Gasteiger partial charge in [-0.3, -0.25) is 15.0 Å². The molecule has 1 aliphatic heterocycles. The van der Waals surface area contributed by atoms with Crippen molar-refractivity contribution < 1.29 is 14.3 Å². The van der Waals surface area contributed by atoms with Crippen LogP contribution in [0, 0.1) is 0 Å². The van der Waals surface area contributed by atoms with Gasteiger partial charge in [-0.25, -0.2) is 0 Å². The number of anilines is 1. The number of nitrogens with one attached hydrogen (secondary N) is 1. The van der Waals surface area contributed by atoms with Gasteiger partial charge in [-0.05, 0) is 76.2 Å². The Hall–Kier alpha value is -2.36. The third kappa shape index (κ3) is 4.80. The number of hydrogen-bond donors (Lipinski definition) is 1. The van der Waals surface area contributed by atoms with E-state index < -0.39 is 5.91 Å². The summed E-state index contributed by atoms with van der Waals surface area (Å²) in [5.74, 6) is -0.153. The molecule has 0 saturated carbocycles. The average molecular weight is 492 g/mol. The largest absolute Gasteiger partial charge is 0.497 e. The Morgan fingerprint density at radius 2 is 1.93 bits per heavy atom. The van der Waals surface area contributed by atoms with E-state index >= 15 is 0 Å². The molecular formula is C20H18BrN3O3S2. The number of amides is 2. The van der Waals surface area contributed by atoms with E-state index in [9.17, 15) is 9.59 Å². The molecule has 0 aromatic heterocycles. The van der Waals surface area contributed by atoms with Gasteiger partial charge in [0.25, 0.3) is 11.8 Å². The molecule has 1 saturated heterocycles. The van der Waals surface area contributed by atoms with E-state index in [1.165, 1.54) is 0 Å². The predicted molar refractivity (Wildman–Crippen MR) is 124 cm³/mol. The minimum Gasteiger partial charge on any atom is -0.497 e. The number of carbonyl (C=O) groups excluding carboxylic acids is 2. The summed E-state index contributed by atoms with van der Waals surface area (Å²) in [6.45, 7) is 0. The number of benzene rings is 2. The van der Waals surface area contributed by atoms with Crippen LogP contribution in [0.4, 0.5) is 5.69 Å². The lowest BCUT2D eigenvalue weighted by Gasteiger charge is -2.16. The highest BCUT2D eigenvalue weighted by atomic mass is 79.9. The monoisotopic (exact) mass is 491 g/mol. The fourth-order valence-corrected chi connectivity index (χ4v) is 4.53. The topological polar surface area (TPSA) is 61.9 Å². The first kappa shape index (κ1) is 21.4. The summed E-state index contributed by atoms with van der Waals surface area (Å²) in [5, 5.41) is 1.10. The molecule has 29 heavy (non-hydrogen) atoms.